The maximum atomic E-state index is 12.8. The number of benzene rings is 1. The number of methoxy groups -OCH3 is 2. The number of hydrogen-bond acceptors (Lipinski definition) is 4. The number of piperidine rings is 1. The van der Waals surface area contributed by atoms with Crippen LogP contribution in [-0.4, -0.2) is 48.7 Å². The number of thioether (sulfide) groups is 1. The highest BCUT2D eigenvalue weighted by atomic mass is 32.2. The van der Waals surface area contributed by atoms with Crippen LogP contribution in [0.1, 0.15) is 25.7 Å². The third-order valence-corrected chi connectivity index (χ3v) is 5.95. The molecule has 126 valence electrons. The molecule has 2 bridgehead atoms. The summed E-state index contributed by atoms with van der Waals surface area (Å²) in [6.07, 6.45) is 6.59. The van der Waals surface area contributed by atoms with Gasteiger partial charge in [-0.1, -0.05) is 6.07 Å². The summed E-state index contributed by atoms with van der Waals surface area (Å²) in [5, 5.41) is 3.70. The number of rotatable bonds is 4. The summed E-state index contributed by atoms with van der Waals surface area (Å²) in [5.74, 6) is 1.18. The molecule has 0 aromatic heterocycles. The standard InChI is InChI=1S/C17H24N2O3S/c1-21-15-6-4-5-14(16(15)22-2)18-17(20)19-11-7-8-12(19)10-13(9-11)23-3/h4-6,11-13H,7-10H2,1-3H3,(H,18,20)/t11-,12-/m0/s1. The first-order valence-electron chi connectivity index (χ1n) is 8.01. The molecule has 2 atom stereocenters. The van der Waals surface area contributed by atoms with Crippen molar-refractivity contribution in [2.45, 2.75) is 43.0 Å². The van der Waals surface area contributed by atoms with Gasteiger partial charge in [-0.25, -0.2) is 4.79 Å². The fraction of sp³-hybridized carbons (Fsp3) is 0.588. The maximum Gasteiger partial charge on any atom is 0.322 e. The van der Waals surface area contributed by atoms with E-state index < -0.39 is 0 Å². The van der Waals surface area contributed by atoms with E-state index >= 15 is 0 Å². The Morgan fingerprint density at radius 3 is 2.48 bits per heavy atom. The van der Waals surface area contributed by atoms with Crippen molar-refractivity contribution < 1.29 is 14.3 Å². The summed E-state index contributed by atoms with van der Waals surface area (Å²) in [6, 6.07) is 6.22. The van der Waals surface area contributed by atoms with Gasteiger partial charge in [0.1, 0.15) is 0 Å². The molecule has 23 heavy (non-hydrogen) atoms. The number of nitrogens with zero attached hydrogens (tertiary/aromatic N) is 1. The zero-order valence-electron chi connectivity index (χ0n) is 13.9. The second kappa shape index (κ2) is 6.91. The maximum absolute atomic E-state index is 12.8. The van der Waals surface area contributed by atoms with E-state index in [2.05, 4.69) is 11.6 Å². The van der Waals surface area contributed by atoms with Crippen LogP contribution in [0.3, 0.4) is 0 Å². The summed E-state index contributed by atoms with van der Waals surface area (Å²) in [4.78, 5) is 14.9. The van der Waals surface area contributed by atoms with Gasteiger partial charge in [-0.2, -0.15) is 11.8 Å². The zero-order valence-corrected chi connectivity index (χ0v) is 14.7. The van der Waals surface area contributed by atoms with Crippen molar-refractivity contribution in [1.29, 1.82) is 0 Å². The molecule has 0 spiro atoms. The van der Waals surface area contributed by atoms with Crippen LogP contribution < -0.4 is 14.8 Å². The molecule has 2 heterocycles. The van der Waals surface area contributed by atoms with Gasteiger partial charge in [0, 0.05) is 17.3 Å². The molecule has 6 heteroatoms. The topological polar surface area (TPSA) is 50.8 Å². The molecular weight excluding hydrogens is 312 g/mol. The van der Waals surface area contributed by atoms with Crippen molar-refractivity contribution in [2.75, 3.05) is 25.8 Å². The lowest BCUT2D eigenvalue weighted by Crippen LogP contribution is -2.49. The van der Waals surface area contributed by atoms with E-state index in [1.165, 1.54) is 0 Å². The molecular formula is C17H24N2O3S. The Hall–Kier alpha value is -1.56. The predicted molar refractivity (Wildman–Crippen MR) is 93.8 cm³/mol. The summed E-state index contributed by atoms with van der Waals surface area (Å²) in [7, 11) is 3.18. The number of anilines is 1. The molecule has 0 aliphatic carbocycles. The first-order chi connectivity index (χ1) is 11.2. The van der Waals surface area contributed by atoms with Crippen molar-refractivity contribution in [3.8, 4) is 11.5 Å². The lowest BCUT2D eigenvalue weighted by molar-refractivity contribution is 0.161. The molecule has 0 unspecified atom stereocenters. The van der Waals surface area contributed by atoms with Crippen molar-refractivity contribution >= 4 is 23.5 Å². The summed E-state index contributed by atoms with van der Waals surface area (Å²) < 4.78 is 10.7. The molecule has 2 aliphatic rings. The second-order valence-electron chi connectivity index (χ2n) is 6.09. The average Bonchev–Trinajstić information content (AvgIpc) is 2.84. The van der Waals surface area contributed by atoms with E-state index in [0.717, 1.165) is 25.7 Å². The Kier molecular flexibility index (Phi) is 4.90. The van der Waals surface area contributed by atoms with Crippen molar-refractivity contribution in [2.24, 2.45) is 0 Å². The Morgan fingerprint density at radius 2 is 1.91 bits per heavy atom. The minimum atomic E-state index is -0.0244. The van der Waals surface area contributed by atoms with Crippen LogP contribution in [0, 0.1) is 0 Å². The number of nitrogens with one attached hydrogen (secondary N) is 1. The monoisotopic (exact) mass is 336 g/mol. The third kappa shape index (κ3) is 3.09. The molecule has 1 N–H and O–H groups in total. The first kappa shape index (κ1) is 16.3. The molecule has 5 nitrogen and oxygen atoms in total. The zero-order chi connectivity index (χ0) is 16.4. The van der Waals surface area contributed by atoms with Gasteiger partial charge in [-0.15, -0.1) is 0 Å². The molecule has 0 radical (unpaired) electrons. The summed E-state index contributed by atoms with van der Waals surface area (Å²) in [6.45, 7) is 0. The molecule has 2 aliphatic heterocycles. The number of carbonyl (C=O) groups excluding carboxylic acids is 1. The smallest absolute Gasteiger partial charge is 0.322 e. The Balaban J connectivity index is 1.76. The normalized spacial score (nSPS) is 26.0. The number of para-hydroxylation sites is 1. The van der Waals surface area contributed by atoms with Gasteiger partial charge < -0.3 is 19.7 Å². The lowest BCUT2D eigenvalue weighted by Gasteiger charge is -2.38. The number of ether oxygens (including phenoxy) is 2. The van der Waals surface area contributed by atoms with Gasteiger partial charge in [0.25, 0.3) is 0 Å². The van der Waals surface area contributed by atoms with Crippen molar-refractivity contribution in [3.05, 3.63) is 18.2 Å². The molecule has 1 aromatic rings. The van der Waals surface area contributed by atoms with Crippen LogP contribution in [-0.2, 0) is 0 Å². The predicted octanol–water partition coefficient (Wildman–Crippen LogP) is 3.59. The van der Waals surface area contributed by atoms with Crippen LogP contribution in [0.2, 0.25) is 0 Å². The van der Waals surface area contributed by atoms with Crippen LogP contribution >= 0.6 is 11.8 Å². The highest BCUT2D eigenvalue weighted by Gasteiger charge is 2.43. The third-order valence-electron chi connectivity index (χ3n) is 4.90. The summed E-state index contributed by atoms with van der Waals surface area (Å²) >= 11 is 1.93. The molecule has 3 rings (SSSR count). The quantitative estimate of drug-likeness (QED) is 0.913. The molecule has 2 saturated heterocycles. The van der Waals surface area contributed by atoms with Crippen LogP contribution in [0.5, 0.6) is 11.5 Å². The Morgan fingerprint density at radius 1 is 1.22 bits per heavy atom. The highest BCUT2D eigenvalue weighted by Crippen LogP contribution is 2.41. The van der Waals surface area contributed by atoms with Gasteiger partial charge in [0.2, 0.25) is 0 Å². The van der Waals surface area contributed by atoms with Crippen molar-refractivity contribution in [1.82, 2.24) is 4.90 Å². The van der Waals surface area contributed by atoms with Gasteiger partial charge in [-0.05, 0) is 44.1 Å². The second-order valence-corrected chi connectivity index (χ2v) is 7.23. The largest absolute Gasteiger partial charge is 0.493 e. The molecule has 0 saturated carbocycles. The SMILES string of the molecule is COc1cccc(NC(=O)N2[C@H]3CC[C@H]2CC(SC)C3)c1OC. The van der Waals surface area contributed by atoms with E-state index in [1.807, 2.05) is 34.9 Å². The van der Waals surface area contributed by atoms with E-state index in [4.69, 9.17) is 9.47 Å². The van der Waals surface area contributed by atoms with E-state index in [9.17, 15) is 4.79 Å². The van der Waals surface area contributed by atoms with Gasteiger partial charge in [0.15, 0.2) is 11.5 Å². The minimum Gasteiger partial charge on any atom is -0.493 e. The highest BCUT2D eigenvalue weighted by molar-refractivity contribution is 7.99. The molecule has 1 aromatic carbocycles. The number of hydrogen-bond donors (Lipinski definition) is 1. The van der Waals surface area contributed by atoms with Gasteiger partial charge in [0.05, 0.1) is 19.9 Å². The van der Waals surface area contributed by atoms with Crippen LogP contribution in [0.4, 0.5) is 10.5 Å². The van der Waals surface area contributed by atoms with Crippen molar-refractivity contribution in [3.63, 3.8) is 0 Å². The lowest BCUT2D eigenvalue weighted by atomic mass is 10.0. The minimum absolute atomic E-state index is 0.0244. The first-order valence-corrected chi connectivity index (χ1v) is 9.29. The van der Waals surface area contributed by atoms with E-state index in [-0.39, 0.29) is 6.03 Å². The van der Waals surface area contributed by atoms with E-state index in [1.54, 1.807) is 14.2 Å². The van der Waals surface area contributed by atoms with Gasteiger partial charge in [-0.3, -0.25) is 0 Å². The number of amides is 2. The number of urea groups is 1. The number of carbonyl (C=O) groups is 1. The fourth-order valence-electron chi connectivity index (χ4n) is 3.82. The molecule has 2 fully saturated rings. The molecule has 2 amide bonds. The van der Waals surface area contributed by atoms with E-state index in [0.29, 0.717) is 34.5 Å². The number of fused-ring (bicyclic) bond motifs is 2. The van der Waals surface area contributed by atoms with Gasteiger partial charge >= 0.3 is 6.03 Å². The van der Waals surface area contributed by atoms with Crippen LogP contribution in [0.25, 0.3) is 0 Å². The summed E-state index contributed by atoms with van der Waals surface area (Å²) in [5.41, 5.74) is 0.656. The Labute approximate surface area is 141 Å². The Bertz CT molecular complexity index is 567. The average molecular weight is 336 g/mol. The fourth-order valence-corrected chi connectivity index (χ4v) is 4.65. The van der Waals surface area contributed by atoms with Crippen LogP contribution in [0.15, 0.2) is 18.2 Å².